The van der Waals surface area contributed by atoms with Gasteiger partial charge in [0.15, 0.2) is 0 Å². The van der Waals surface area contributed by atoms with Gasteiger partial charge < -0.3 is 0 Å². The molecule has 35 heavy (non-hydrogen) atoms. The molecule has 5 rings (SSSR count). The van der Waals surface area contributed by atoms with Crippen LogP contribution in [-0.4, -0.2) is 32.1 Å². The van der Waals surface area contributed by atoms with Crippen molar-refractivity contribution >= 4 is 44.7 Å². The molecule has 0 amide bonds. The van der Waals surface area contributed by atoms with Crippen LogP contribution >= 0.6 is 0 Å². The third-order valence-corrected chi connectivity index (χ3v) is 18.6. The summed E-state index contributed by atoms with van der Waals surface area (Å²) >= 11 is -3.53. The predicted octanol–water partition coefficient (Wildman–Crippen LogP) is 4.82. The molecule has 5 aromatic rings. The van der Waals surface area contributed by atoms with Gasteiger partial charge in [-0.05, 0) is 0 Å². The third-order valence-electron chi connectivity index (χ3n) is 6.15. The number of hydrogen-bond donors (Lipinski definition) is 0. The van der Waals surface area contributed by atoms with E-state index in [0.717, 1.165) is 17.0 Å². The van der Waals surface area contributed by atoms with E-state index in [1.165, 1.54) is 14.0 Å². The molecule has 3 heteroatoms. The molecule has 0 atom stereocenters. The van der Waals surface area contributed by atoms with Crippen LogP contribution in [-0.2, 0) is 0 Å². The second-order valence-corrected chi connectivity index (χ2v) is 17.8. The molecule has 0 N–H and O–H groups in total. The van der Waals surface area contributed by atoms with Gasteiger partial charge in [0, 0.05) is 0 Å². The Labute approximate surface area is 211 Å². The van der Waals surface area contributed by atoms with Crippen LogP contribution < -0.4 is 18.8 Å². The Bertz CT molecular complexity index is 1300. The summed E-state index contributed by atoms with van der Waals surface area (Å²) in [6, 6.07) is 49.8. The molecule has 0 unspecified atom stereocenters. The molecular formula is C32H27NOSb+. The van der Waals surface area contributed by atoms with E-state index in [0.29, 0.717) is 0 Å². The van der Waals surface area contributed by atoms with Crippen molar-refractivity contribution in [1.82, 2.24) is 0 Å². The van der Waals surface area contributed by atoms with Crippen molar-refractivity contribution in [2.75, 3.05) is 7.11 Å². The van der Waals surface area contributed by atoms with Crippen LogP contribution in [0.4, 0.5) is 5.69 Å². The predicted molar refractivity (Wildman–Crippen MR) is 150 cm³/mol. The second kappa shape index (κ2) is 10.8. The van der Waals surface area contributed by atoms with E-state index in [4.69, 9.17) is 9.73 Å². The van der Waals surface area contributed by atoms with E-state index in [9.17, 15) is 0 Å². The van der Waals surface area contributed by atoms with Crippen LogP contribution in [0.1, 0.15) is 5.56 Å². The fourth-order valence-electron chi connectivity index (χ4n) is 4.53. The first kappa shape index (κ1) is 23.1. The van der Waals surface area contributed by atoms with Gasteiger partial charge in [0.05, 0.1) is 0 Å². The number of methoxy groups -OCH3 is 1. The van der Waals surface area contributed by atoms with E-state index in [1.54, 1.807) is 7.11 Å². The van der Waals surface area contributed by atoms with E-state index in [2.05, 4.69) is 115 Å². The molecule has 0 saturated heterocycles. The van der Waals surface area contributed by atoms with Crippen molar-refractivity contribution in [3.8, 4) is 5.75 Å². The van der Waals surface area contributed by atoms with Gasteiger partial charge in [0.25, 0.3) is 0 Å². The van der Waals surface area contributed by atoms with Crippen LogP contribution in [0.25, 0.3) is 0 Å². The summed E-state index contributed by atoms with van der Waals surface area (Å²) in [6.07, 6.45) is 2.02. The number of aliphatic imine (C=N–C) groups is 1. The van der Waals surface area contributed by atoms with Crippen LogP contribution in [0.15, 0.2) is 145 Å². The van der Waals surface area contributed by atoms with Gasteiger partial charge in [0.2, 0.25) is 0 Å². The summed E-state index contributed by atoms with van der Waals surface area (Å²) in [5.41, 5.74) is 2.06. The number of ether oxygens (including phenoxy) is 1. The molecule has 0 heterocycles. The molecule has 0 bridgehead atoms. The summed E-state index contributed by atoms with van der Waals surface area (Å²) in [7, 11) is 1.68. The molecule has 0 spiro atoms. The first-order valence-corrected chi connectivity index (χ1v) is 16.8. The summed E-state index contributed by atoms with van der Waals surface area (Å²) in [5.74, 6) is 0.830. The molecule has 5 aromatic carbocycles. The van der Waals surface area contributed by atoms with E-state index in [-0.39, 0.29) is 0 Å². The molecule has 2 nitrogen and oxygen atoms in total. The first-order valence-electron chi connectivity index (χ1n) is 11.7. The molecule has 0 saturated carbocycles. The number of hydrogen-bond acceptors (Lipinski definition) is 2. The Morgan fingerprint density at radius 2 is 1.00 bits per heavy atom. The summed E-state index contributed by atoms with van der Waals surface area (Å²) in [5, 5.41) is 0. The van der Waals surface area contributed by atoms with Gasteiger partial charge in [-0.25, -0.2) is 0 Å². The molecule has 170 valence electrons. The van der Waals surface area contributed by atoms with Gasteiger partial charge >= 0.3 is 212 Å². The van der Waals surface area contributed by atoms with Crippen molar-refractivity contribution in [3.63, 3.8) is 0 Å². The Balaban J connectivity index is 1.76. The first-order chi connectivity index (χ1) is 17.3. The summed E-state index contributed by atoms with van der Waals surface area (Å²) in [4.78, 5) is 4.86. The van der Waals surface area contributed by atoms with Gasteiger partial charge in [-0.2, -0.15) is 0 Å². The minimum atomic E-state index is -3.53. The standard InChI is InChI=1S/C14H12NO.3C6H5.Sb/c1-16-14-9-7-13(8-10-14)15-11-12-5-3-2-4-6-12;3*1-2-4-6-5-3-1;/h2-5,7-11H,1H3;3*1-5H;/q;;;;+1. The fourth-order valence-corrected chi connectivity index (χ4v) is 17.1. The van der Waals surface area contributed by atoms with Crippen molar-refractivity contribution in [2.24, 2.45) is 4.99 Å². The van der Waals surface area contributed by atoms with Crippen LogP contribution in [0.3, 0.4) is 0 Å². The molecule has 0 radical (unpaired) electrons. The monoisotopic (exact) mass is 562 g/mol. The normalized spacial score (nSPS) is 11.5. The van der Waals surface area contributed by atoms with Crippen molar-refractivity contribution < 1.29 is 4.74 Å². The zero-order valence-electron chi connectivity index (χ0n) is 19.7. The number of rotatable bonds is 7. The average Bonchev–Trinajstić information content (AvgIpc) is 2.95. The molecule has 0 aliphatic carbocycles. The van der Waals surface area contributed by atoms with Crippen LogP contribution in [0.2, 0.25) is 0 Å². The van der Waals surface area contributed by atoms with Gasteiger partial charge in [0.1, 0.15) is 0 Å². The maximum atomic E-state index is 5.30. The average molecular weight is 563 g/mol. The van der Waals surface area contributed by atoms with Crippen LogP contribution in [0, 0.1) is 0 Å². The Morgan fingerprint density at radius 1 is 0.543 bits per heavy atom. The van der Waals surface area contributed by atoms with E-state index in [1.807, 2.05) is 30.5 Å². The third kappa shape index (κ3) is 4.67. The topological polar surface area (TPSA) is 21.6 Å². The maximum absolute atomic E-state index is 5.30. The SMILES string of the molecule is COc1ccc(N=Cc2cccc[c]2[Sb+]([c]2ccccc2)([c]2ccccc2)[c]2ccccc2)cc1. The molecule has 0 fully saturated rings. The second-order valence-electron chi connectivity index (χ2n) is 8.19. The van der Waals surface area contributed by atoms with Gasteiger partial charge in [-0.1, -0.05) is 0 Å². The van der Waals surface area contributed by atoms with E-state index >= 15 is 0 Å². The molecule has 0 aromatic heterocycles. The summed E-state index contributed by atoms with van der Waals surface area (Å²) in [6.45, 7) is 0. The zero-order chi connectivity index (χ0) is 23.9. The molecular weight excluding hydrogens is 536 g/mol. The summed E-state index contributed by atoms with van der Waals surface area (Å²) < 4.78 is 10.9. The molecule has 0 aliphatic rings. The Kier molecular flexibility index (Phi) is 7.12. The minimum absolute atomic E-state index is 0.830. The molecule has 0 aliphatic heterocycles. The Morgan fingerprint density at radius 3 is 1.49 bits per heavy atom. The Hall–Kier alpha value is -3.61. The van der Waals surface area contributed by atoms with Crippen LogP contribution in [0.5, 0.6) is 5.75 Å². The fraction of sp³-hybridized carbons (Fsp3) is 0.0312. The number of nitrogens with zero attached hydrogens (tertiary/aromatic N) is 1. The van der Waals surface area contributed by atoms with E-state index < -0.39 is 18.8 Å². The van der Waals surface area contributed by atoms with Gasteiger partial charge in [-0.15, -0.1) is 0 Å². The van der Waals surface area contributed by atoms with Crippen molar-refractivity contribution in [2.45, 2.75) is 0 Å². The number of benzene rings is 5. The van der Waals surface area contributed by atoms with Gasteiger partial charge in [-0.3, -0.25) is 0 Å². The van der Waals surface area contributed by atoms with Crippen molar-refractivity contribution in [1.29, 1.82) is 0 Å². The quantitative estimate of drug-likeness (QED) is 0.206. The zero-order valence-corrected chi connectivity index (χ0v) is 22.2. The van der Waals surface area contributed by atoms with Crippen molar-refractivity contribution in [3.05, 3.63) is 145 Å².